The van der Waals surface area contributed by atoms with Gasteiger partial charge in [0.1, 0.15) is 16.6 Å². The number of methoxy groups -OCH3 is 1. The first-order chi connectivity index (χ1) is 17.0. The van der Waals surface area contributed by atoms with Crippen LogP contribution < -0.4 is 15.6 Å². The molecule has 2 aromatic heterocycles. The molecular formula is C27H26ClN3O3S. The topological polar surface area (TPSA) is 73.2 Å². The van der Waals surface area contributed by atoms with E-state index in [0.717, 1.165) is 24.0 Å². The summed E-state index contributed by atoms with van der Waals surface area (Å²) >= 11 is 7.56. The summed E-state index contributed by atoms with van der Waals surface area (Å²) in [6.07, 6.45) is 6.49. The van der Waals surface area contributed by atoms with Gasteiger partial charge in [-0.05, 0) is 67.0 Å². The lowest BCUT2D eigenvalue weighted by Gasteiger charge is -2.19. The van der Waals surface area contributed by atoms with Gasteiger partial charge in [0.05, 0.1) is 24.5 Å². The van der Waals surface area contributed by atoms with Crippen LogP contribution in [-0.4, -0.2) is 22.6 Å². The van der Waals surface area contributed by atoms with Crippen LogP contribution >= 0.6 is 22.9 Å². The number of ether oxygens (including phenoxy) is 1. The second-order valence-corrected chi connectivity index (χ2v) is 10.0. The van der Waals surface area contributed by atoms with Gasteiger partial charge < -0.3 is 10.1 Å². The predicted molar refractivity (Wildman–Crippen MR) is 142 cm³/mol. The van der Waals surface area contributed by atoms with Gasteiger partial charge in [-0.3, -0.25) is 14.2 Å². The van der Waals surface area contributed by atoms with Crippen molar-refractivity contribution in [3.63, 3.8) is 0 Å². The summed E-state index contributed by atoms with van der Waals surface area (Å²) in [6, 6.07) is 10.8. The highest BCUT2D eigenvalue weighted by Gasteiger charge is 2.24. The highest BCUT2D eigenvalue weighted by molar-refractivity contribution is 7.17. The average molecular weight is 508 g/mol. The molecule has 0 bridgehead atoms. The van der Waals surface area contributed by atoms with Gasteiger partial charge in [0.2, 0.25) is 5.91 Å². The lowest BCUT2D eigenvalue weighted by molar-refractivity contribution is -0.119. The zero-order valence-corrected chi connectivity index (χ0v) is 21.2. The van der Waals surface area contributed by atoms with Crippen LogP contribution in [-0.2, 0) is 17.6 Å². The molecule has 8 heteroatoms. The number of hydrogen-bond acceptors (Lipinski definition) is 5. The first-order valence-electron chi connectivity index (χ1n) is 11.7. The smallest absolute Gasteiger partial charge is 0.263 e. The molecule has 1 atom stereocenters. The van der Waals surface area contributed by atoms with Crippen molar-refractivity contribution in [2.24, 2.45) is 0 Å². The summed E-state index contributed by atoms with van der Waals surface area (Å²) in [4.78, 5) is 32.2. The fourth-order valence-corrected chi connectivity index (χ4v) is 5.86. The number of rotatable bonds is 6. The third-order valence-electron chi connectivity index (χ3n) is 6.62. The lowest BCUT2D eigenvalue weighted by atomic mass is 9.89. The summed E-state index contributed by atoms with van der Waals surface area (Å²) in [5.41, 5.74) is 4.89. The number of halogens is 1. The molecule has 0 aliphatic heterocycles. The van der Waals surface area contributed by atoms with Gasteiger partial charge in [0, 0.05) is 16.0 Å². The average Bonchev–Trinajstić information content (AvgIpc) is 3.31. The Morgan fingerprint density at radius 2 is 2.00 bits per heavy atom. The number of nitrogens with zero attached hydrogens (tertiary/aromatic N) is 2. The van der Waals surface area contributed by atoms with Crippen molar-refractivity contribution in [1.82, 2.24) is 9.55 Å². The highest BCUT2D eigenvalue weighted by Crippen LogP contribution is 2.34. The van der Waals surface area contributed by atoms with E-state index in [1.165, 1.54) is 53.3 Å². The predicted octanol–water partition coefficient (Wildman–Crippen LogP) is 6.26. The largest absolute Gasteiger partial charge is 0.495 e. The number of aromatic nitrogens is 2. The Kier molecular flexibility index (Phi) is 6.62. The van der Waals surface area contributed by atoms with Crippen LogP contribution in [0.4, 0.5) is 5.69 Å². The van der Waals surface area contributed by atoms with Crippen molar-refractivity contribution in [1.29, 1.82) is 0 Å². The molecule has 1 N–H and O–H groups in total. The maximum atomic E-state index is 13.7. The van der Waals surface area contributed by atoms with Crippen molar-refractivity contribution < 1.29 is 9.53 Å². The number of hydrogen-bond donors (Lipinski definition) is 1. The van der Waals surface area contributed by atoms with Gasteiger partial charge >= 0.3 is 0 Å². The molecule has 35 heavy (non-hydrogen) atoms. The molecule has 180 valence electrons. The molecule has 1 unspecified atom stereocenters. The molecule has 1 aliphatic carbocycles. The number of benzene rings is 2. The van der Waals surface area contributed by atoms with E-state index in [4.69, 9.17) is 16.3 Å². The minimum atomic E-state index is -0.737. The number of anilines is 1. The molecule has 5 rings (SSSR count). The normalized spacial score (nSPS) is 13.9. The van der Waals surface area contributed by atoms with Crippen molar-refractivity contribution in [2.75, 3.05) is 12.4 Å². The number of fused-ring (bicyclic) bond motifs is 2. The Hall–Kier alpha value is -3.16. The van der Waals surface area contributed by atoms with Gasteiger partial charge in [-0.2, -0.15) is 0 Å². The quantitative estimate of drug-likeness (QED) is 0.334. The van der Waals surface area contributed by atoms with E-state index in [-0.39, 0.29) is 11.5 Å². The van der Waals surface area contributed by atoms with Crippen molar-refractivity contribution in [2.45, 2.75) is 45.1 Å². The van der Waals surface area contributed by atoms with Gasteiger partial charge in [-0.25, -0.2) is 4.98 Å². The lowest BCUT2D eigenvalue weighted by Crippen LogP contribution is -2.33. The molecule has 6 nitrogen and oxygen atoms in total. The maximum absolute atomic E-state index is 13.7. The Morgan fingerprint density at radius 3 is 2.77 bits per heavy atom. The number of aryl methyl sites for hydroxylation is 2. The minimum absolute atomic E-state index is 0.218. The van der Waals surface area contributed by atoms with Crippen molar-refractivity contribution in [3.05, 3.63) is 74.6 Å². The Balaban J connectivity index is 1.53. The minimum Gasteiger partial charge on any atom is -0.495 e. The monoisotopic (exact) mass is 507 g/mol. The van der Waals surface area contributed by atoms with Gasteiger partial charge in [-0.15, -0.1) is 11.3 Å². The fourth-order valence-electron chi connectivity index (χ4n) is 4.78. The van der Waals surface area contributed by atoms with Crippen LogP contribution in [0.15, 0.2) is 52.9 Å². The van der Waals surface area contributed by atoms with Crippen LogP contribution in [0.1, 0.15) is 43.4 Å². The molecule has 2 heterocycles. The second-order valence-electron chi connectivity index (χ2n) is 8.74. The third kappa shape index (κ3) is 4.46. The highest BCUT2D eigenvalue weighted by atomic mass is 35.5. The summed E-state index contributed by atoms with van der Waals surface area (Å²) in [5.74, 6) is 0.160. The second kappa shape index (κ2) is 9.84. The van der Waals surface area contributed by atoms with E-state index in [0.29, 0.717) is 33.1 Å². The Morgan fingerprint density at radius 1 is 1.20 bits per heavy atom. The number of thiophene rings is 1. The van der Waals surface area contributed by atoms with Crippen LogP contribution in [0.25, 0.3) is 21.3 Å². The van der Waals surface area contributed by atoms with E-state index in [9.17, 15) is 9.59 Å². The Labute approximate surface area is 212 Å². The molecule has 0 spiro atoms. The fraction of sp³-hybridized carbons (Fsp3) is 0.296. The van der Waals surface area contributed by atoms with Gasteiger partial charge in [-0.1, -0.05) is 36.7 Å². The first kappa shape index (κ1) is 23.6. The van der Waals surface area contributed by atoms with Crippen molar-refractivity contribution >= 4 is 44.7 Å². The number of amides is 1. The third-order valence-corrected chi connectivity index (χ3v) is 7.74. The van der Waals surface area contributed by atoms with Crippen LogP contribution in [0.5, 0.6) is 5.75 Å². The van der Waals surface area contributed by atoms with Crippen molar-refractivity contribution in [3.8, 4) is 16.9 Å². The van der Waals surface area contributed by atoms with E-state index in [2.05, 4.69) is 28.5 Å². The van der Waals surface area contributed by atoms with E-state index in [1.807, 2.05) is 12.3 Å². The van der Waals surface area contributed by atoms with E-state index < -0.39 is 6.04 Å². The SMILES string of the molecule is CCC(C(=O)Nc1cc(Cl)ccc1OC)n1cnc2scc(-c3ccc4c(c3)CCCC4)c2c1=O. The number of carbonyl (C=O) groups is 1. The summed E-state index contributed by atoms with van der Waals surface area (Å²) in [7, 11) is 1.53. The molecule has 2 aromatic carbocycles. The van der Waals surface area contributed by atoms with Gasteiger partial charge in [0.15, 0.2) is 0 Å². The number of nitrogens with one attached hydrogen (secondary N) is 1. The zero-order valence-electron chi connectivity index (χ0n) is 19.6. The molecule has 0 saturated heterocycles. The molecule has 0 saturated carbocycles. The Bertz CT molecular complexity index is 1480. The van der Waals surface area contributed by atoms with Crippen LogP contribution in [0.2, 0.25) is 5.02 Å². The standard InChI is InChI=1S/C27H26ClN3O3S/c1-3-22(25(32)30-21-13-19(28)10-11-23(21)34-2)31-15-29-26-24(27(31)33)20(14-35-26)18-9-8-16-6-4-5-7-17(16)12-18/h8-15,22H,3-7H2,1-2H3,(H,30,32). The van der Waals surface area contributed by atoms with Gasteiger partial charge in [0.25, 0.3) is 5.56 Å². The van der Waals surface area contributed by atoms with Crippen LogP contribution in [0.3, 0.4) is 0 Å². The summed E-state index contributed by atoms with van der Waals surface area (Å²) < 4.78 is 6.78. The molecule has 1 amide bonds. The molecule has 0 fully saturated rings. The number of carbonyl (C=O) groups excluding carboxylic acids is 1. The summed E-state index contributed by atoms with van der Waals surface area (Å²) in [6.45, 7) is 1.87. The van der Waals surface area contributed by atoms with E-state index >= 15 is 0 Å². The molecule has 0 radical (unpaired) electrons. The molecule has 4 aromatic rings. The zero-order chi connectivity index (χ0) is 24.5. The van der Waals surface area contributed by atoms with Crippen LogP contribution in [0, 0.1) is 0 Å². The maximum Gasteiger partial charge on any atom is 0.263 e. The first-order valence-corrected chi connectivity index (χ1v) is 13.0. The molecular weight excluding hydrogens is 482 g/mol. The van der Waals surface area contributed by atoms with E-state index in [1.54, 1.807) is 18.2 Å². The molecule has 1 aliphatic rings. The summed E-state index contributed by atoms with van der Waals surface area (Å²) in [5, 5.41) is 5.89.